The topological polar surface area (TPSA) is 128 Å². The highest BCUT2D eigenvalue weighted by Gasteiger charge is 2.07. The first kappa shape index (κ1) is 16.7. The van der Waals surface area contributed by atoms with E-state index in [9.17, 15) is 25.0 Å². The monoisotopic (exact) mass is 328 g/mol. The van der Waals surface area contributed by atoms with E-state index in [2.05, 4.69) is 10.5 Å². The summed E-state index contributed by atoms with van der Waals surface area (Å²) in [6.45, 7) is 0. The molecule has 0 unspecified atom stereocenters. The number of hydrogen-bond acceptors (Lipinski definition) is 6. The van der Waals surface area contributed by atoms with Crippen LogP contribution in [0.5, 0.6) is 0 Å². The highest BCUT2D eigenvalue weighted by atomic mass is 16.6. The molecule has 2 aromatic rings. The zero-order chi connectivity index (χ0) is 17.5. The number of nitro groups is 2. The van der Waals surface area contributed by atoms with Gasteiger partial charge in [-0.2, -0.15) is 5.10 Å². The van der Waals surface area contributed by atoms with Crippen LogP contribution in [-0.4, -0.2) is 22.0 Å². The average Bonchev–Trinajstić information content (AvgIpc) is 2.55. The first-order valence-corrected chi connectivity index (χ1v) is 6.75. The lowest BCUT2D eigenvalue weighted by molar-refractivity contribution is -0.385. The minimum atomic E-state index is -0.516. The van der Waals surface area contributed by atoms with Gasteiger partial charge in [0.25, 0.3) is 11.4 Å². The van der Waals surface area contributed by atoms with E-state index in [1.54, 1.807) is 0 Å². The van der Waals surface area contributed by atoms with Gasteiger partial charge in [-0.15, -0.1) is 0 Å². The second kappa shape index (κ2) is 7.58. The van der Waals surface area contributed by atoms with E-state index in [0.717, 1.165) is 0 Å². The lowest BCUT2D eigenvalue weighted by Crippen LogP contribution is -2.19. The third-order valence-electron chi connectivity index (χ3n) is 3.02. The molecule has 9 heteroatoms. The number of nitrogens with zero attached hydrogens (tertiary/aromatic N) is 3. The third-order valence-corrected chi connectivity index (χ3v) is 3.02. The summed E-state index contributed by atoms with van der Waals surface area (Å²) < 4.78 is 0. The molecular formula is C15H12N4O5. The third kappa shape index (κ3) is 4.70. The molecule has 0 radical (unpaired) electrons. The van der Waals surface area contributed by atoms with Crippen LogP contribution in [0.25, 0.3) is 0 Å². The van der Waals surface area contributed by atoms with Crippen molar-refractivity contribution in [2.24, 2.45) is 5.10 Å². The standard InChI is InChI=1S/C15H12N4O5/c20-15(9-11-1-5-13(6-2-11)18(21)22)17-16-10-12-3-7-14(8-4-12)19(23)24/h1-8,10H,9H2,(H,17,20). The molecule has 0 atom stereocenters. The molecule has 2 rings (SSSR count). The molecule has 9 nitrogen and oxygen atoms in total. The Balaban J connectivity index is 1.88. The van der Waals surface area contributed by atoms with Gasteiger partial charge >= 0.3 is 0 Å². The molecule has 1 N–H and O–H groups in total. The van der Waals surface area contributed by atoms with Gasteiger partial charge in [0.05, 0.1) is 22.5 Å². The van der Waals surface area contributed by atoms with Crippen LogP contribution >= 0.6 is 0 Å². The molecule has 0 saturated heterocycles. The summed E-state index contributed by atoms with van der Waals surface area (Å²) in [7, 11) is 0. The Morgan fingerprint density at radius 3 is 1.96 bits per heavy atom. The number of nitrogens with one attached hydrogen (secondary N) is 1. The number of non-ortho nitro benzene ring substituents is 2. The van der Waals surface area contributed by atoms with Crippen molar-refractivity contribution < 1.29 is 14.6 Å². The molecule has 0 fully saturated rings. The molecule has 0 heterocycles. The smallest absolute Gasteiger partial charge is 0.269 e. The second-order valence-corrected chi connectivity index (χ2v) is 4.74. The van der Waals surface area contributed by atoms with Crippen molar-refractivity contribution in [2.45, 2.75) is 6.42 Å². The fraction of sp³-hybridized carbons (Fsp3) is 0.0667. The van der Waals surface area contributed by atoms with Crippen LogP contribution in [0.3, 0.4) is 0 Å². The second-order valence-electron chi connectivity index (χ2n) is 4.74. The summed E-state index contributed by atoms with van der Waals surface area (Å²) in [5.41, 5.74) is 3.45. The molecule has 0 aliphatic heterocycles. The molecule has 122 valence electrons. The van der Waals surface area contributed by atoms with Crippen molar-refractivity contribution in [3.05, 3.63) is 79.9 Å². The van der Waals surface area contributed by atoms with Crippen LogP contribution in [0.1, 0.15) is 11.1 Å². The number of hydrazone groups is 1. The Morgan fingerprint density at radius 2 is 1.46 bits per heavy atom. The van der Waals surface area contributed by atoms with Gasteiger partial charge in [0.15, 0.2) is 0 Å². The van der Waals surface area contributed by atoms with E-state index < -0.39 is 9.85 Å². The van der Waals surface area contributed by atoms with E-state index in [0.29, 0.717) is 11.1 Å². The number of carbonyl (C=O) groups excluding carboxylic acids is 1. The fourth-order valence-electron chi connectivity index (χ4n) is 1.82. The van der Waals surface area contributed by atoms with E-state index in [1.807, 2.05) is 0 Å². The quantitative estimate of drug-likeness (QED) is 0.494. The highest BCUT2D eigenvalue weighted by Crippen LogP contribution is 2.12. The van der Waals surface area contributed by atoms with Crippen molar-refractivity contribution in [1.82, 2.24) is 5.43 Å². The van der Waals surface area contributed by atoms with Crippen molar-refractivity contribution in [3.8, 4) is 0 Å². The first-order valence-electron chi connectivity index (χ1n) is 6.75. The van der Waals surface area contributed by atoms with Crippen LogP contribution in [-0.2, 0) is 11.2 Å². The maximum atomic E-state index is 11.7. The predicted molar refractivity (Wildman–Crippen MR) is 85.6 cm³/mol. The SMILES string of the molecule is O=C(Cc1ccc([N+](=O)[O-])cc1)NN=Cc1ccc([N+](=O)[O-])cc1. The maximum Gasteiger partial charge on any atom is 0.269 e. The Kier molecular flexibility index (Phi) is 5.29. The lowest BCUT2D eigenvalue weighted by atomic mass is 10.1. The number of carbonyl (C=O) groups is 1. The summed E-state index contributed by atoms with van der Waals surface area (Å²) >= 11 is 0. The van der Waals surface area contributed by atoms with Gasteiger partial charge in [-0.25, -0.2) is 5.43 Å². The normalized spacial score (nSPS) is 10.5. The Labute approximate surface area is 135 Å². The van der Waals surface area contributed by atoms with Gasteiger partial charge in [-0.05, 0) is 23.3 Å². The van der Waals surface area contributed by atoms with Crippen molar-refractivity contribution in [3.63, 3.8) is 0 Å². The summed E-state index contributed by atoms with van der Waals surface area (Å²) in [5, 5.41) is 24.8. The van der Waals surface area contributed by atoms with E-state index in [-0.39, 0.29) is 23.7 Å². The average molecular weight is 328 g/mol. The lowest BCUT2D eigenvalue weighted by Gasteiger charge is -2.00. The van der Waals surface area contributed by atoms with Crippen LogP contribution in [0, 0.1) is 20.2 Å². The first-order chi connectivity index (χ1) is 11.5. The van der Waals surface area contributed by atoms with Crippen LogP contribution in [0.15, 0.2) is 53.6 Å². The number of nitro benzene ring substituents is 2. The molecular weight excluding hydrogens is 316 g/mol. The van der Waals surface area contributed by atoms with Gasteiger partial charge < -0.3 is 0 Å². The molecule has 0 aliphatic rings. The molecule has 0 saturated carbocycles. The zero-order valence-electron chi connectivity index (χ0n) is 12.3. The largest absolute Gasteiger partial charge is 0.273 e. The fourth-order valence-corrected chi connectivity index (χ4v) is 1.82. The van der Waals surface area contributed by atoms with Gasteiger partial charge in [-0.1, -0.05) is 12.1 Å². The van der Waals surface area contributed by atoms with Gasteiger partial charge in [-0.3, -0.25) is 25.0 Å². The molecule has 1 amide bonds. The molecule has 0 spiro atoms. The zero-order valence-corrected chi connectivity index (χ0v) is 12.3. The summed E-state index contributed by atoms with van der Waals surface area (Å²) in [4.78, 5) is 31.8. The van der Waals surface area contributed by atoms with Gasteiger partial charge in [0.1, 0.15) is 0 Å². The Morgan fingerprint density at radius 1 is 0.958 bits per heavy atom. The van der Waals surface area contributed by atoms with E-state index in [1.165, 1.54) is 54.7 Å². The van der Waals surface area contributed by atoms with Crippen molar-refractivity contribution in [2.75, 3.05) is 0 Å². The summed E-state index contributed by atoms with van der Waals surface area (Å²) in [6, 6.07) is 11.3. The predicted octanol–water partition coefficient (Wildman–Crippen LogP) is 2.20. The number of amides is 1. The molecule has 2 aromatic carbocycles. The van der Waals surface area contributed by atoms with Crippen LogP contribution in [0.4, 0.5) is 11.4 Å². The van der Waals surface area contributed by atoms with Gasteiger partial charge in [0.2, 0.25) is 5.91 Å². The van der Waals surface area contributed by atoms with E-state index >= 15 is 0 Å². The molecule has 0 aromatic heterocycles. The van der Waals surface area contributed by atoms with Crippen molar-refractivity contribution >= 4 is 23.5 Å². The molecule has 0 bridgehead atoms. The number of hydrogen-bond donors (Lipinski definition) is 1. The van der Waals surface area contributed by atoms with E-state index in [4.69, 9.17) is 0 Å². The Hall–Kier alpha value is -3.62. The Bertz CT molecular complexity index is 785. The summed E-state index contributed by atoms with van der Waals surface area (Å²) in [5.74, 6) is -0.387. The minimum absolute atomic E-state index is 0.0234. The molecule has 24 heavy (non-hydrogen) atoms. The number of benzene rings is 2. The van der Waals surface area contributed by atoms with Crippen LogP contribution < -0.4 is 5.43 Å². The highest BCUT2D eigenvalue weighted by molar-refractivity contribution is 5.83. The molecule has 0 aliphatic carbocycles. The maximum absolute atomic E-state index is 11.7. The summed E-state index contributed by atoms with van der Waals surface area (Å²) in [6.07, 6.45) is 1.38. The number of rotatable bonds is 6. The minimum Gasteiger partial charge on any atom is -0.273 e. The van der Waals surface area contributed by atoms with Gasteiger partial charge in [0, 0.05) is 24.3 Å². The van der Waals surface area contributed by atoms with Crippen LogP contribution in [0.2, 0.25) is 0 Å². The van der Waals surface area contributed by atoms with Crippen molar-refractivity contribution in [1.29, 1.82) is 0 Å².